The van der Waals surface area contributed by atoms with Gasteiger partial charge in [0, 0.05) is 38.3 Å². The Bertz CT molecular complexity index is 1040. The van der Waals surface area contributed by atoms with Crippen molar-refractivity contribution in [3.8, 4) is 17.1 Å². The van der Waals surface area contributed by atoms with Crippen LogP contribution in [0.5, 0.6) is 5.75 Å². The molecule has 2 heterocycles. The van der Waals surface area contributed by atoms with Crippen LogP contribution in [-0.4, -0.2) is 66.1 Å². The normalized spacial score (nSPS) is 16.2. The summed E-state index contributed by atoms with van der Waals surface area (Å²) < 4.78 is 44.6. The number of aromatic amines is 1. The summed E-state index contributed by atoms with van der Waals surface area (Å²) in [4.78, 5) is 12.1. The highest BCUT2D eigenvalue weighted by molar-refractivity contribution is 6.32. The van der Waals surface area contributed by atoms with E-state index in [2.05, 4.69) is 26.8 Å². The van der Waals surface area contributed by atoms with Gasteiger partial charge in [0.05, 0.1) is 28.2 Å². The van der Waals surface area contributed by atoms with E-state index in [0.717, 1.165) is 51.3 Å². The third-order valence-corrected chi connectivity index (χ3v) is 5.78. The molecule has 1 saturated heterocycles. The van der Waals surface area contributed by atoms with Crippen LogP contribution in [0.4, 0.5) is 13.2 Å². The van der Waals surface area contributed by atoms with Crippen molar-refractivity contribution < 1.29 is 17.9 Å². The molecule has 0 saturated carbocycles. The largest absolute Gasteiger partial charge is 0.492 e. The molecular formula is C22H24ClF3N4O. The number of ether oxygens (including phenoxy) is 1. The summed E-state index contributed by atoms with van der Waals surface area (Å²) in [7, 11) is 2.14. The molecule has 0 radical (unpaired) electrons. The van der Waals surface area contributed by atoms with E-state index >= 15 is 0 Å². The van der Waals surface area contributed by atoms with Crippen molar-refractivity contribution in [3.63, 3.8) is 0 Å². The maximum absolute atomic E-state index is 12.9. The quantitative estimate of drug-likeness (QED) is 0.539. The number of alkyl halides is 3. The monoisotopic (exact) mass is 452 g/mol. The number of hydrogen-bond donors (Lipinski definition) is 1. The molecular weight excluding hydrogens is 429 g/mol. The minimum absolute atomic E-state index is 0.255. The highest BCUT2D eigenvalue weighted by atomic mass is 35.5. The summed E-state index contributed by atoms with van der Waals surface area (Å²) in [5, 5.41) is 0.438. The number of hydrogen-bond acceptors (Lipinski definition) is 4. The molecule has 0 spiro atoms. The number of piperazine rings is 1. The fourth-order valence-electron chi connectivity index (χ4n) is 3.63. The summed E-state index contributed by atoms with van der Waals surface area (Å²) in [6, 6.07) is 8.73. The number of likely N-dealkylation sites (N-methyl/N-ethyl adjacent to an activating group) is 1. The van der Waals surface area contributed by atoms with E-state index in [9.17, 15) is 13.2 Å². The molecule has 31 heavy (non-hydrogen) atoms. The minimum Gasteiger partial charge on any atom is -0.492 e. The Kier molecular flexibility index (Phi) is 6.41. The van der Waals surface area contributed by atoms with Gasteiger partial charge in [-0.2, -0.15) is 13.2 Å². The second kappa shape index (κ2) is 9.06. The third-order valence-electron chi connectivity index (χ3n) is 5.49. The Morgan fingerprint density at radius 3 is 2.58 bits per heavy atom. The van der Waals surface area contributed by atoms with Gasteiger partial charge in [0.2, 0.25) is 0 Å². The van der Waals surface area contributed by atoms with Crippen molar-refractivity contribution in [1.29, 1.82) is 0 Å². The van der Waals surface area contributed by atoms with Crippen molar-refractivity contribution in [3.05, 3.63) is 47.0 Å². The molecule has 1 aliphatic heterocycles. The summed E-state index contributed by atoms with van der Waals surface area (Å²) in [6.07, 6.45) is -3.49. The number of halogens is 4. The zero-order chi connectivity index (χ0) is 22.0. The van der Waals surface area contributed by atoms with Gasteiger partial charge in [-0.25, -0.2) is 4.98 Å². The van der Waals surface area contributed by atoms with E-state index in [0.29, 0.717) is 34.3 Å². The van der Waals surface area contributed by atoms with E-state index in [1.165, 1.54) is 6.07 Å². The van der Waals surface area contributed by atoms with Crippen LogP contribution in [0.2, 0.25) is 5.02 Å². The molecule has 9 heteroatoms. The number of H-pyrrole nitrogens is 1. The van der Waals surface area contributed by atoms with Crippen molar-refractivity contribution in [1.82, 2.24) is 19.8 Å². The first-order valence-corrected chi connectivity index (χ1v) is 10.6. The number of rotatable bonds is 6. The fraction of sp³-hybridized carbons (Fsp3) is 0.409. The molecule has 2 aromatic carbocycles. The lowest BCUT2D eigenvalue weighted by Gasteiger charge is -2.32. The molecule has 1 aromatic heterocycles. The Morgan fingerprint density at radius 2 is 1.87 bits per heavy atom. The lowest BCUT2D eigenvalue weighted by molar-refractivity contribution is -0.137. The van der Waals surface area contributed by atoms with Crippen LogP contribution in [0.15, 0.2) is 36.4 Å². The molecule has 0 aliphatic carbocycles. The molecule has 0 amide bonds. The highest BCUT2D eigenvalue weighted by Crippen LogP contribution is 2.33. The molecule has 0 atom stereocenters. The molecule has 1 aliphatic rings. The first-order valence-electron chi connectivity index (χ1n) is 10.2. The summed E-state index contributed by atoms with van der Waals surface area (Å²) in [5.41, 5.74) is 0.740. The van der Waals surface area contributed by atoms with E-state index in [4.69, 9.17) is 16.3 Å². The zero-order valence-corrected chi connectivity index (χ0v) is 17.9. The Labute approximate surface area is 183 Å². The average molecular weight is 453 g/mol. The number of fused-ring (bicyclic) bond motifs is 1. The predicted octanol–water partition coefficient (Wildman–Crippen LogP) is 4.92. The lowest BCUT2D eigenvalue weighted by atomic mass is 10.2. The number of nitrogens with one attached hydrogen (secondary N) is 1. The van der Waals surface area contributed by atoms with E-state index < -0.39 is 11.7 Å². The van der Waals surface area contributed by atoms with Crippen LogP contribution in [0.1, 0.15) is 12.0 Å². The number of aromatic nitrogens is 2. The summed E-state index contributed by atoms with van der Waals surface area (Å²) in [6.45, 7) is 5.89. The lowest BCUT2D eigenvalue weighted by Crippen LogP contribution is -2.44. The van der Waals surface area contributed by atoms with Crippen molar-refractivity contribution in [2.45, 2.75) is 12.6 Å². The van der Waals surface area contributed by atoms with Crippen LogP contribution in [0.3, 0.4) is 0 Å². The van der Waals surface area contributed by atoms with E-state index in [1.807, 2.05) is 0 Å². The van der Waals surface area contributed by atoms with Crippen LogP contribution in [-0.2, 0) is 6.18 Å². The van der Waals surface area contributed by atoms with E-state index in [1.54, 1.807) is 18.2 Å². The first-order chi connectivity index (χ1) is 14.8. The van der Waals surface area contributed by atoms with Gasteiger partial charge in [-0.05, 0) is 49.9 Å². The van der Waals surface area contributed by atoms with Gasteiger partial charge >= 0.3 is 6.18 Å². The topological polar surface area (TPSA) is 44.4 Å². The number of imidazole rings is 1. The molecule has 0 bridgehead atoms. The predicted molar refractivity (Wildman–Crippen MR) is 116 cm³/mol. The van der Waals surface area contributed by atoms with Gasteiger partial charge < -0.3 is 19.5 Å². The number of nitrogens with zero attached hydrogens (tertiary/aromatic N) is 3. The SMILES string of the molecule is CN1CCN(CCCOc2ccc(-c3nc4cc(C(F)(F)F)ccc4[nH]3)cc2Cl)CC1. The first kappa shape index (κ1) is 21.9. The van der Waals surface area contributed by atoms with Crippen LogP contribution >= 0.6 is 11.6 Å². The minimum atomic E-state index is -4.40. The molecule has 5 nitrogen and oxygen atoms in total. The molecule has 4 rings (SSSR count). The van der Waals surface area contributed by atoms with Gasteiger partial charge in [0.15, 0.2) is 0 Å². The molecule has 166 valence electrons. The van der Waals surface area contributed by atoms with Gasteiger partial charge in [-0.3, -0.25) is 0 Å². The molecule has 3 aromatic rings. The fourth-order valence-corrected chi connectivity index (χ4v) is 3.86. The summed E-state index contributed by atoms with van der Waals surface area (Å²) >= 11 is 6.38. The van der Waals surface area contributed by atoms with Crippen molar-refractivity contribution in [2.24, 2.45) is 0 Å². The van der Waals surface area contributed by atoms with Gasteiger partial charge in [-0.1, -0.05) is 11.6 Å². The Balaban J connectivity index is 1.38. The second-order valence-corrected chi connectivity index (χ2v) is 8.21. The maximum Gasteiger partial charge on any atom is 0.416 e. The summed E-state index contributed by atoms with van der Waals surface area (Å²) in [5.74, 6) is 1.04. The molecule has 1 N–H and O–H groups in total. The van der Waals surface area contributed by atoms with Crippen LogP contribution < -0.4 is 4.74 Å². The third kappa shape index (κ3) is 5.31. The highest BCUT2D eigenvalue weighted by Gasteiger charge is 2.30. The second-order valence-electron chi connectivity index (χ2n) is 7.81. The van der Waals surface area contributed by atoms with Gasteiger partial charge in [0.25, 0.3) is 0 Å². The Morgan fingerprint density at radius 1 is 1.10 bits per heavy atom. The maximum atomic E-state index is 12.9. The standard InChI is InChI=1S/C22H24ClF3N4O/c1-29-8-10-30(11-9-29)7-2-12-31-20-6-3-15(13-17(20)23)21-27-18-5-4-16(22(24,25)26)14-19(18)28-21/h3-6,13-14H,2,7-12H2,1H3,(H,27,28). The van der Waals surface area contributed by atoms with Gasteiger partial charge in [0.1, 0.15) is 11.6 Å². The van der Waals surface area contributed by atoms with E-state index in [-0.39, 0.29) is 5.52 Å². The van der Waals surface area contributed by atoms with Crippen molar-refractivity contribution in [2.75, 3.05) is 46.4 Å². The van der Waals surface area contributed by atoms with Crippen LogP contribution in [0.25, 0.3) is 22.4 Å². The van der Waals surface area contributed by atoms with Crippen LogP contribution in [0, 0.1) is 0 Å². The molecule has 1 fully saturated rings. The van der Waals surface area contributed by atoms with Gasteiger partial charge in [-0.15, -0.1) is 0 Å². The number of benzene rings is 2. The Hall–Kier alpha value is -2.29. The molecule has 0 unspecified atom stereocenters. The zero-order valence-electron chi connectivity index (χ0n) is 17.2. The smallest absolute Gasteiger partial charge is 0.416 e. The average Bonchev–Trinajstić information content (AvgIpc) is 3.16. The van der Waals surface area contributed by atoms with Crippen molar-refractivity contribution >= 4 is 22.6 Å².